The van der Waals surface area contributed by atoms with Crippen LogP contribution in [-0.2, 0) is 12.8 Å². The van der Waals surface area contributed by atoms with Gasteiger partial charge in [-0.1, -0.05) is 6.92 Å². The van der Waals surface area contributed by atoms with Crippen molar-refractivity contribution in [3.05, 3.63) is 77.6 Å². The van der Waals surface area contributed by atoms with Crippen molar-refractivity contribution in [3.63, 3.8) is 0 Å². The van der Waals surface area contributed by atoms with Crippen LogP contribution in [0.15, 0.2) is 59.5 Å². The lowest BCUT2D eigenvalue weighted by molar-refractivity contribution is 0.0947. The van der Waals surface area contributed by atoms with Crippen LogP contribution in [0.2, 0.25) is 0 Å². The molecule has 4 aromatic rings. The molecule has 1 saturated carbocycles. The highest BCUT2D eigenvalue weighted by Crippen LogP contribution is 2.29. The smallest absolute Gasteiger partial charge is 0.254 e. The highest BCUT2D eigenvalue weighted by molar-refractivity contribution is 5.99. The number of aryl methyl sites for hydroxylation is 2. The Bertz CT molecular complexity index is 1440. The minimum atomic E-state index is -0.489. The molecule has 202 valence electrons. The second-order valence-corrected chi connectivity index (χ2v) is 10.3. The van der Waals surface area contributed by atoms with E-state index in [2.05, 4.69) is 49.5 Å². The molecule has 39 heavy (non-hydrogen) atoms. The van der Waals surface area contributed by atoms with E-state index in [4.69, 9.17) is 4.42 Å². The molecule has 6 rings (SSSR count). The number of likely N-dealkylation sites (N-methyl/N-ethyl adjacent to an activating group) is 1. The summed E-state index contributed by atoms with van der Waals surface area (Å²) in [4.78, 5) is 26.4. The van der Waals surface area contributed by atoms with Gasteiger partial charge in [-0.05, 0) is 74.2 Å². The summed E-state index contributed by atoms with van der Waals surface area (Å²) in [6.07, 6.45) is 7.85. The van der Waals surface area contributed by atoms with Gasteiger partial charge >= 0.3 is 0 Å². The van der Waals surface area contributed by atoms with E-state index >= 15 is 4.39 Å². The number of hydrogen-bond donors (Lipinski definition) is 2. The lowest BCUT2D eigenvalue weighted by atomic mass is 9.99. The Morgan fingerprint density at radius 2 is 1.79 bits per heavy atom. The SMILES string of the molecule is CCN1CCN(c2ccc(Nc3ncc(CCc4c(F)c(C(=O)NC5CC5)cc5occc45)cn3)cc2)CC1. The van der Waals surface area contributed by atoms with Crippen molar-refractivity contribution < 1.29 is 13.6 Å². The van der Waals surface area contributed by atoms with Crippen LogP contribution in [0, 0.1) is 5.82 Å². The minimum absolute atomic E-state index is 0.0318. The van der Waals surface area contributed by atoms with Gasteiger partial charge in [-0.3, -0.25) is 4.79 Å². The van der Waals surface area contributed by atoms with E-state index in [1.165, 1.54) is 18.0 Å². The Labute approximate surface area is 227 Å². The molecule has 0 radical (unpaired) electrons. The summed E-state index contributed by atoms with van der Waals surface area (Å²) in [6.45, 7) is 7.58. The predicted octanol–water partition coefficient (Wildman–Crippen LogP) is 4.92. The van der Waals surface area contributed by atoms with E-state index in [1.54, 1.807) is 18.5 Å². The van der Waals surface area contributed by atoms with Gasteiger partial charge in [0.1, 0.15) is 11.4 Å². The van der Waals surface area contributed by atoms with Crippen molar-refractivity contribution in [1.82, 2.24) is 20.2 Å². The third-order valence-corrected chi connectivity index (χ3v) is 7.63. The number of halogens is 1. The number of piperazine rings is 1. The van der Waals surface area contributed by atoms with Crippen LogP contribution in [0.3, 0.4) is 0 Å². The minimum Gasteiger partial charge on any atom is -0.464 e. The molecule has 0 bridgehead atoms. The molecular weight excluding hydrogens is 495 g/mol. The average Bonchev–Trinajstić information content (AvgIpc) is 3.66. The van der Waals surface area contributed by atoms with Gasteiger partial charge in [-0.15, -0.1) is 0 Å². The number of amides is 1. The molecule has 8 nitrogen and oxygen atoms in total. The fraction of sp³-hybridized carbons (Fsp3) is 0.367. The number of anilines is 3. The van der Waals surface area contributed by atoms with E-state index < -0.39 is 5.82 Å². The van der Waals surface area contributed by atoms with E-state index in [1.807, 2.05) is 12.1 Å². The first kappa shape index (κ1) is 25.3. The zero-order chi connectivity index (χ0) is 26.8. The van der Waals surface area contributed by atoms with Crippen LogP contribution in [0.4, 0.5) is 21.7 Å². The second-order valence-electron chi connectivity index (χ2n) is 10.3. The number of fused-ring (bicyclic) bond motifs is 1. The molecule has 2 N–H and O–H groups in total. The fourth-order valence-electron chi connectivity index (χ4n) is 5.08. The lowest BCUT2D eigenvalue weighted by Gasteiger charge is -2.35. The van der Waals surface area contributed by atoms with Crippen molar-refractivity contribution >= 4 is 34.2 Å². The van der Waals surface area contributed by atoms with Gasteiger partial charge < -0.3 is 24.9 Å². The van der Waals surface area contributed by atoms with Crippen LogP contribution in [0.1, 0.15) is 41.3 Å². The monoisotopic (exact) mass is 528 g/mol. The Morgan fingerprint density at radius 1 is 1.05 bits per heavy atom. The summed E-state index contributed by atoms with van der Waals surface area (Å²) in [5.41, 5.74) is 4.04. The lowest BCUT2D eigenvalue weighted by Crippen LogP contribution is -2.46. The van der Waals surface area contributed by atoms with Gasteiger partial charge in [0.25, 0.3) is 5.91 Å². The molecular formula is C30H33FN6O2. The number of aromatic nitrogens is 2. The van der Waals surface area contributed by atoms with E-state index in [0.717, 1.165) is 56.8 Å². The zero-order valence-electron chi connectivity index (χ0n) is 22.1. The quantitative estimate of drug-likeness (QED) is 0.319. The number of hydrogen-bond acceptors (Lipinski definition) is 7. The summed E-state index contributed by atoms with van der Waals surface area (Å²) in [6, 6.07) is 11.7. The number of nitrogens with zero attached hydrogens (tertiary/aromatic N) is 4. The first-order valence-electron chi connectivity index (χ1n) is 13.7. The standard InChI is InChI=1S/C30H33FN6O2/c1-2-36-12-14-37(15-13-36)23-8-6-22(7-9-23)35-30-32-18-20(19-33-30)3-10-25-24-11-16-39-27(24)17-26(28(25)31)29(38)34-21-4-5-21/h6-9,11,16-19,21H,2-5,10,12-15H2,1H3,(H,34,38)(H,32,33,35). The Balaban J connectivity index is 1.09. The van der Waals surface area contributed by atoms with Gasteiger partial charge in [-0.25, -0.2) is 14.4 Å². The molecule has 2 aliphatic rings. The van der Waals surface area contributed by atoms with Crippen LogP contribution in [-0.4, -0.2) is 59.5 Å². The molecule has 0 unspecified atom stereocenters. The van der Waals surface area contributed by atoms with Crippen LogP contribution < -0.4 is 15.5 Å². The summed E-state index contributed by atoms with van der Waals surface area (Å²) in [5, 5.41) is 6.81. The second kappa shape index (κ2) is 11.0. The Kier molecular flexibility index (Phi) is 7.15. The maximum atomic E-state index is 15.4. The molecule has 3 heterocycles. The first-order valence-corrected chi connectivity index (χ1v) is 13.7. The third kappa shape index (κ3) is 5.73. The van der Waals surface area contributed by atoms with Gasteiger partial charge in [-0.2, -0.15) is 0 Å². The molecule has 1 amide bonds. The number of carbonyl (C=O) groups is 1. The summed E-state index contributed by atoms with van der Waals surface area (Å²) >= 11 is 0. The highest BCUT2D eigenvalue weighted by atomic mass is 19.1. The number of benzene rings is 2. The number of furan rings is 1. The molecule has 1 saturated heterocycles. The van der Waals surface area contributed by atoms with E-state index in [0.29, 0.717) is 35.3 Å². The fourth-order valence-corrected chi connectivity index (χ4v) is 5.08. The van der Waals surface area contributed by atoms with Crippen LogP contribution >= 0.6 is 0 Å². The highest BCUT2D eigenvalue weighted by Gasteiger charge is 2.27. The first-order chi connectivity index (χ1) is 19.1. The molecule has 2 aromatic carbocycles. The topological polar surface area (TPSA) is 86.5 Å². The third-order valence-electron chi connectivity index (χ3n) is 7.63. The van der Waals surface area contributed by atoms with Crippen molar-refractivity contribution in [2.45, 2.75) is 38.6 Å². The van der Waals surface area contributed by atoms with Gasteiger partial charge in [0, 0.05) is 66.9 Å². The van der Waals surface area contributed by atoms with Gasteiger partial charge in [0.05, 0.1) is 11.8 Å². The van der Waals surface area contributed by atoms with Crippen molar-refractivity contribution in [2.24, 2.45) is 0 Å². The summed E-state index contributed by atoms with van der Waals surface area (Å²) in [7, 11) is 0. The molecule has 0 atom stereocenters. The Morgan fingerprint density at radius 3 is 2.49 bits per heavy atom. The van der Waals surface area contributed by atoms with E-state index in [9.17, 15) is 4.79 Å². The predicted molar refractivity (Wildman–Crippen MR) is 150 cm³/mol. The molecule has 2 aromatic heterocycles. The molecule has 1 aliphatic carbocycles. The Hall–Kier alpha value is -3.98. The van der Waals surface area contributed by atoms with Crippen molar-refractivity contribution in [1.29, 1.82) is 0 Å². The summed E-state index contributed by atoms with van der Waals surface area (Å²) in [5.74, 6) is -0.373. The van der Waals surface area contributed by atoms with Crippen molar-refractivity contribution in [3.8, 4) is 0 Å². The number of carbonyl (C=O) groups excluding carboxylic acids is 1. The number of nitrogens with one attached hydrogen (secondary N) is 2. The maximum Gasteiger partial charge on any atom is 0.254 e. The van der Waals surface area contributed by atoms with Crippen LogP contribution in [0.25, 0.3) is 11.0 Å². The van der Waals surface area contributed by atoms with Gasteiger partial charge in [0.2, 0.25) is 5.95 Å². The average molecular weight is 529 g/mol. The zero-order valence-corrected chi connectivity index (χ0v) is 22.1. The number of rotatable bonds is 9. The van der Waals surface area contributed by atoms with Crippen LogP contribution in [0.5, 0.6) is 0 Å². The normalized spacial score (nSPS) is 16.0. The van der Waals surface area contributed by atoms with Crippen molar-refractivity contribution in [2.75, 3.05) is 42.9 Å². The molecule has 9 heteroatoms. The molecule has 1 aliphatic heterocycles. The van der Waals surface area contributed by atoms with E-state index in [-0.39, 0.29) is 17.5 Å². The molecule has 0 spiro atoms. The maximum absolute atomic E-state index is 15.4. The van der Waals surface area contributed by atoms with Gasteiger partial charge in [0.15, 0.2) is 0 Å². The summed E-state index contributed by atoms with van der Waals surface area (Å²) < 4.78 is 21.0. The largest absolute Gasteiger partial charge is 0.464 e. The molecule has 2 fully saturated rings.